The third kappa shape index (κ3) is 2.02. The van der Waals surface area contributed by atoms with Crippen LogP contribution in [0.15, 0.2) is 22.7 Å². The van der Waals surface area contributed by atoms with Gasteiger partial charge in [0, 0.05) is 15.7 Å². The number of nitrogens with two attached hydrogens (primary N) is 1. The summed E-state index contributed by atoms with van der Waals surface area (Å²) in [4.78, 5) is 12.8. The summed E-state index contributed by atoms with van der Waals surface area (Å²) in [6.45, 7) is -1.01. The molecule has 0 radical (unpaired) electrons. The molecule has 0 bridgehead atoms. The van der Waals surface area contributed by atoms with Crippen molar-refractivity contribution < 1.29 is 13.6 Å². The van der Waals surface area contributed by atoms with Crippen molar-refractivity contribution in [2.75, 3.05) is 18.8 Å². The lowest BCUT2D eigenvalue weighted by molar-refractivity contribution is -0.113. The normalized spacial score (nSPS) is 18.1. The highest BCUT2D eigenvalue weighted by molar-refractivity contribution is 9.10. The maximum absolute atomic E-state index is 12.6. The molecule has 1 aliphatic rings. The number of benzene rings is 1. The summed E-state index contributed by atoms with van der Waals surface area (Å²) in [5.41, 5.74) is 6.43. The number of rotatable bonds is 1. The lowest BCUT2D eigenvalue weighted by atomic mass is 10.1. The smallest absolute Gasteiger partial charge is 0.282 e. The van der Waals surface area contributed by atoms with Gasteiger partial charge >= 0.3 is 0 Å². The Morgan fingerprint density at radius 1 is 1.44 bits per heavy atom. The molecule has 2 rings (SSSR count). The van der Waals surface area contributed by atoms with E-state index in [9.17, 15) is 13.6 Å². The van der Waals surface area contributed by atoms with Gasteiger partial charge in [-0.15, -0.1) is 0 Å². The Hall–Kier alpha value is -1.17. The molecule has 1 amide bonds. The molecule has 2 N–H and O–H groups in total. The summed E-state index contributed by atoms with van der Waals surface area (Å²) >= 11 is 3.18. The summed E-state index contributed by atoms with van der Waals surface area (Å²) in [5, 5.41) is 0. The van der Waals surface area contributed by atoms with Gasteiger partial charge in [0.15, 0.2) is 0 Å². The molecule has 0 aliphatic carbocycles. The van der Waals surface area contributed by atoms with Crippen LogP contribution in [0.5, 0.6) is 0 Å². The molecule has 1 aromatic rings. The number of nitrogen functional groups attached to an aromatic ring is 1. The molecule has 0 aromatic heterocycles. The molecule has 0 saturated carbocycles. The largest absolute Gasteiger partial charge is 0.398 e. The van der Waals surface area contributed by atoms with E-state index in [0.717, 1.165) is 4.90 Å². The van der Waals surface area contributed by atoms with Gasteiger partial charge in [-0.1, -0.05) is 0 Å². The number of amides is 1. The van der Waals surface area contributed by atoms with Crippen LogP contribution in [0.25, 0.3) is 0 Å². The van der Waals surface area contributed by atoms with Crippen molar-refractivity contribution in [2.45, 2.75) is 5.92 Å². The Bertz CT molecular complexity index is 442. The molecule has 1 heterocycles. The van der Waals surface area contributed by atoms with Crippen molar-refractivity contribution in [3.63, 3.8) is 0 Å². The minimum Gasteiger partial charge on any atom is -0.398 e. The number of anilines is 1. The second-order valence-electron chi connectivity index (χ2n) is 3.75. The molecule has 0 unspecified atom stereocenters. The summed E-state index contributed by atoms with van der Waals surface area (Å²) in [5.74, 6) is -3.13. The van der Waals surface area contributed by atoms with E-state index in [1.807, 2.05) is 0 Å². The number of alkyl halides is 2. The molecule has 1 aromatic carbocycles. The summed E-state index contributed by atoms with van der Waals surface area (Å²) < 4.78 is 25.8. The molecule has 0 spiro atoms. The monoisotopic (exact) mass is 290 g/mol. The Morgan fingerprint density at radius 3 is 2.56 bits per heavy atom. The second kappa shape index (κ2) is 3.69. The van der Waals surface area contributed by atoms with Crippen molar-refractivity contribution >= 4 is 27.5 Å². The number of halogens is 3. The van der Waals surface area contributed by atoms with E-state index in [1.165, 1.54) is 12.1 Å². The molecule has 3 nitrogen and oxygen atoms in total. The standard InChI is InChI=1S/C10H9BrF2N2O/c11-7-3-6(1-2-8(7)14)9(16)15-4-10(12,13)5-15/h1-3H,4-5,14H2. The molecule has 0 atom stereocenters. The predicted octanol–water partition coefficient (Wildman–Crippen LogP) is 2.12. The van der Waals surface area contributed by atoms with Crippen LogP contribution in [-0.2, 0) is 0 Å². The van der Waals surface area contributed by atoms with Crippen LogP contribution in [-0.4, -0.2) is 29.8 Å². The van der Waals surface area contributed by atoms with Gasteiger partial charge in [-0.05, 0) is 34.1 Å². The van der Waals surface area contributed by atoms with E-state index >= 15 is 0 Å². The van der Waals surface area contributed by atoms with Gasteiger partial charge in [-0.2, -0.15) is 0 Å². The van der Waals surface area contributed by atoms with Crippen LogP contribution in [0.4, 0.5) is 14.5 Å². The predicted molar refractivity (Wildman–Crippen MR) is 59.4 cm³/mol. The van der Waals surface area contributed by atoms with Crippen LogP contribution in [0.3, 0.4) is 0 Å². The first-order chi connectivity index (χ1) is 7.39. The van der Waals surface area contributed by atoms with Gasteiger partial charge in [-0.25, -0.2) is 8.78 Å². The number of carbonyl (C=O) groups is 1. The quantitative estimate of drug-likeness (QED) is 0.806. The Labute approximate surface area is 99.3 Å². The average molecular weight is 291 g/mol. The number of nitrogens with zero attached hydrogens (tertiary/aromatic N) is 1. The summed E-state index contributed by atoms with van der Waals surface area (Å²) in [7, 11) is 0. The van der Waals surface area contributed by atoms with Crippen LogP contribution in [0.2, 0.25) is 0 Å². The fourth-order valence-corrected chi connectivity index (χ4v) is 1.88. The number of hydrogen-bond donors (Lipinski definition) is 1. The van der Waals surface area contributed by atoms with E-state index in [4.69, 9.17) is 5.73 Å². The van der Waals surface area contributed by atoms with Crippen LogP contribution in [0.1, 0.15) is 10.4 Å². The van der Waals surface area contributed by atoms with Gasteiger partial charge < -0.3 is 10.6 Å². The molecular formula is C10H9BrF2N2O. The van der Waals surface area contributed by atoms with Gasteiger partial charge in [0.1, 0.15) is 0 Å². The number of likely N-dealkylation sites (tertiary alicyclic amines) is 1. The van der Waals surface area contributed by atoms with Crippen molar-refractivity contribution in [1.82, 2.24) is 4.90 Å². The Kier molecular flexibility index (Phi) is 2.61. The number of carbonyl (C=O) groups excluding carboxylic acids is 1. The molecule has 1 fully saturated rings. The fourth-order valence-electron chi connectivity index (χ4n) is 1.50. The maximum Gasteiger partial charge on any atom is 0.282 e. The molecule has 1 aliphatic heterocycles. The highest BCUT2D eigenvalue weighted by Crippen LogP contribution is 2.29. The van der Waals surface area contributed by atoms with Crippen LogP contribution in [0, 0.1) is 0 Å². The van der Waals surface area contributed by atoms with Crippen molar-refractivity contribution in [1.29, 1.82) is 0 Å². The van der Waals surface area contributed by atoms with Crippen molar-refractivity contribution in [3.05, 3.63) is 28.2 Å². The van der Waals surface area contributed by atoms with Crippen LogP contribution < -0.4 is 5.73 Å². The third-order valence-electron chi connectivity index (χ3n) is 2.38. The molecular weight excluding hydrogens is 282 g/mol. The van der Waals surface area contributed by atoms with E-state index in [1.54, 1.807) is 6.07 Å². The zero-order chi connectivity index (χ0) is 11.9. The van der Waals surface area contributed by atoms with Gasteiger partial charge in [0.25, 0.3) is 11.8 Å². The molecule has 86 valence electrons. The molecule has 6 heteroatoms. The second-order valence-corrected chi connectivity index (χ2v) is 4.61. The summed E-state index contributed by atoms with van der Waals surface area (Å²) in [6, 6.07) is 4.63. The first kappa shape index (κ1) is 11.3. The van der Waals surface area contributed by atoms with Crippen molar-refractivity contribution in [2.24, 2.45) is 0 Å². The third-order valence-corrected chi connectivity index (χ3v) is 3.07. The SMILES string of the molecule is Nc1ccc(C(=O)N2CC(F)(F)C2)cc1Br. The first-order valence-electron chi connectivity index (χ1n) is 4.61. The van der Waals surface area contributed by atoms with Gasteiger partial charge in [0.2, 0.25) is 0 Å². The van der Waals surface area contributed by atoms with E-state index in [-0.39, 0.29) is 0 Å². The minimum absolute atomic E-state index is 0.358. The molecule has 1 saturated heterocycles. The lowest BCUT2D eigenvalue weighted by Crippen LogP contribution is -2.58. The summed E-state index contributed by atoms with van der Waals surface area (Å²) in [6.07, 6.45) is 0. The minimum atomic E-state index is -2.74. The van der Waals surface area contributed by atoms with E-state index < -0.39 is 24.9 Å². The highest BCUT2D eigenvalue weighted by Gasteiger charge is 2.46. The zero-order valence-corrected chi connectivity index (χ0v) is 9.80. The molecule has 16 heavy (non-hydrogen) atoms. The Balaban J connectivity index is 2.13. The van der Waals surface area contributed by atoms with Crippen molar-refractivity contribution in [3.8, 4) is 0 Å². The van der Waals surface area contributed by atoms with E-state index in [0.29, 0.717) is 15.7 Å². The highest BCUT2D eigenvalue weighted by atomic mass is 79.9. The lowest BCUT2D eigenvalue weighted by Gasteiger charge is -2.38. The van der Waals surface area contributed by atoms with E-state index in [2.05, 4.69) is 15.9 Å². The number of hydrogen-bond acceptors (Lipinski definition) is 2. The van der Waals surface area contributed by atoms with Crippen LogP contribution >= 0.6 is 15.9 Å². The topological polar surface area (TPSA) is 46.3 Å². The van der Waals surface area contributed by atoms with Gasteiger partial charge in [-0.3, -0.25) is 4.79 Å². The maximum atomic E-state index is 12.6. The Morgan fingerprint density at radius 2 is 2.06 bits per heavy atom. The fraction of sp³-hybridized carbons (Fsp3) is 0.300. The van der Waals surface area contributed by atoms with Gasteiger partial charge in [0.05, 0.1) is 13.1 Å². The first-order valence-corrected chi connectivity index (χ1v) is 5.40. The zero-order valence-electron chi connectivity index (χ0n) is 8.21. The average Bonchev–Trinajstić information content (AvgIpc) is 2.17.